The highest BCUT2D eigenvalue weighted by atomic mass is 35.5. The number of benzene rings is 1. The summed E-state index contributed by atoms with van der Waals surface area (Å²) in [5.74, 6) is -0.288. The molecule has 1 nitrogen and oxygen atoms in total. The van der Waals surface area contributed by atoms with Gasteiger partial charge in [-0.25, -0.2) is 4.39 Å². The Bertz CT molecular complexity index is 470. The number of nitriles is 1. The van der Waals surface area contributed by atoms with E-state index in [0.29, 0.717) is 17.0 Å². The molecule has 3 heteroatoms. The zero-order chi connectivity index (χ0) is 13.7. The van der Waals surface area contributed by atoms with Crippen LogP contribution in [0, 0.1) is 22.6 Å². The van der Waals surface area contributed by atoms with E-state index in [-0.39, 0.29) is 5.82 Å². The number of rotatable bonds is 2. The highest BCUT2D eigenvalue weighted by Gasteiger charge is 2.31. The minimum Gasteiger partial charge on any atom is -0.207 e. The maximum Gasteiger partial charge on any atom is 0.127 e. The molecule has 1 saturated carbocycles. The van der Waals surface area contributed by atoms with Crippen molar-refractivity contribution in [2.24, 2.45) is 5.41 Å². The number of nitrogens with zero attached hydrogens (tertiary/aromatic N) is 1. The molecular formula is C16H19ClFN. The molecule has 1 fully saturated rings. The zero-order valence-corrected chi connectivity index (χ0v) is 11.8. The molecule has 1 aliphatic rings. The maximum absolute atomic E-state index is 13.9. The summed E-state index contributed by atoms with van der Waals surface area (Å²) in [5, 5.41) is 9.97. The fraction of sp³-hybridized carbons (Fsp3) is 0.562. The van der Waals surface area contributed by atoms with Crippen LogP contribution in [0.1, 0.15) is 50.5 Å². The molecule has 0 aromatic heterocycles. The number of hydrogen-bond donors (Lipinski definition) is 0. The summed E-state index contributed by atoms with van der Waals surface area (Å²) in [4.78, 5) is 0. The zero-order valence-electron chi connectivity index (χ0n) is 11.1. The van der Waals surface area contributed by atoms with E-state index in [1.54, 1.807) is 12.1 Å². The number of halogens is 2. The standard InChI is InChI=1S/C16H19ClFN/c17-14-7-6-13(15(18)10-14)11-16(12-19)8-4-2-1-3-5-9-16/h6-7,10H,1-5,8-9,11H2. The van der Waals surface area contributed by atoms with Crippen molar-refractivity contribution in [1.82, 2.24) is 0 Å². The molecule has 0 bridgehead atoms. The van der Waals surface area contributed by atoms with Crippen molar-refractivity contribution in [3.8, 4) is 6.07 Å². The van der Waals surface area contributed by atoms with E-state index in [2.05, 4.69) is 6.07 Å². The van der Waals surface area contributed by atoms with Gasteiger partial charge in [-0.3, -0.25) is 0 Å². The van der Waals surface area contributed by atoms with Gasteiger partial charge in [0.05, 0.1) is 11.5 Å². The van der Waals surface area contributed by atoms with Crippen molar-refractivity contribution < 1.29 is 4.39 Å². The van der Waals surface area contributed by atoms with E-state index in [1.807, 2.05) is 0 Å². The monoisotopic (exact) mass is 279 g/mol. The Morgan fingerprint density at radius 3 is 2.37 bits per heavy atom. The van der Waals surface area contributed by atoms with E-state index in [4.69, 9.17) is 11.6 Å². The van der Waals surface area contributed by atoms with Crippen LogP contribution in [0.15, 0.2) is 18.2 Å². The van der Waals surface area contributed by atoms with E-state index < -0.39 is 5.41 Å². The molecule has 0 unspecified atom stereocenters. The Morgan fingerprint density at radius 1 is 1.16 bits per heavy atom. The minimum atomic E-state index is -0.394. The summed E-state index contributed by atoms with van der Waals surface area (Å²) in [7, 11) is 0. The fourth-order valence-corrected chi connectivity index (χ4v) is 3.10. The van der Waals surface area contributed by atoms with Crippen LogP contribution in [-0.2, 0) is 6.42 Å². The first-order valence-corrected chi connectivity index (χ1v) is 7.38. The Labute approximate surface area is 119 Å². The fourth-order valence-electron chi connectivity index (χ4n) is 2.94. The average Bonchev–Trinajstić information content (AvgIpc) is 2.36. The summed E-state index contributed by atoms with van der Waals surface area (Å²) >= 11 is 5.77. The first-order chi connectivity index (χ1) is 9.15. The molecule has 0 heterocycles. The van der Waals surface area contributed by atoms with Crippen molar-refractivity contribution in [2.45, 2.75) is 51.4 Å². The maximum atomic E-state index is 13.9. The second kappa shape index (κ2) is 6.39. The van der Waals surface area contributed by atoms with Gasteiger partial charge in [-0.2, -0.15) is 5.26 Å². The summed E-state index contributed by atoms with van der Waals surface area (Å²) in [6.07, 6.45) is 8.05. The molecular weight excluding hydrogens is 261 g/mol. The van der Waals surface area contributed by atoms with Gasteiger partial charge in [-0.15, -0.1) is 0 Å². The van der Waals surface area contributed by atoms with Crippen LogP contribution in [0.25, 0.3) is 0 Å². The third kappa shape index (κ3) is 3.70. The summed E-state index contributed by atoms with van der Waals surface area (Å²) in [6.45, 7) is 0. The van der Waals surface area contributed by atoms with Gasteiger partial charge in [0, 0.05) is 5.02 Å². The Kier molecular flexibility index (Phi) is 4.82. The van der Waals surface area contributed by atoms with Gasteiger partial charge in [-0.05, 0) is 37.0 Å². The topological polar surface area (TPSA) is 23.8 Å². The lowest BCUT2D eigenvalue weighted by Gasteiger charge is -2.28. The van der Waals surface area contributed by atoms with Crippen LogP contribution >= 0.6 is 11.6 Å². The van der Waals surface area contributed by atoms with Crippen molar-refractivity contribution in [1.29, 1.82) is 5.26 Å². The lowest BCUT2D eigenvalue weighted by molar-refractivity contribution is 0.284. The van der Waals surface area contributed by atoms with E-state index in [1.165, 1.54) is 25.3 Å². The molecule has 19 heavy (non-hydrogen) atoms. The van der Waals surface area contributed by atoms with Crippen LogP contribution in [0.3, 0.4) is 0 Å². The van der Waals surface area contributed by atoms with Gasteiger partial charge >= 0.3 is 0 Å². The molecule has 0 N–H and O–H groups in total. The Morgan fingerprint density at radius 2 is 1.79 bits per heavy atom. The van der Waals surface area contributed by atoms with Crippen LogP contribution < -0.4 is 0 Å². The molecule has 0 aliphatic heterocycles. The van der Waals surface area contributed by atoms with Crippen molar-refractivity contribution in [2.75, 3.05) is 0 Å². The highest BCUT2D eigenvalue weighted by molar-refractivity contribution is 6.30. The summed E-state index contributed by atoms with van der Waals surface area (Å²) in [5.41, 5.74) is 0.223. The molecule has 102 valence electrons. The second-order valence-electron chi connectivity index (χ2n) is 5.57. The first kappa shape index (κ1) is 14.3. The van der Waals surface area contributed by atoms with Crippen LogP contribution in [-0.4, -0.2) is 0 Å². The Balaban J connectivity index is 2.19. The summed E-state index contributed by atoms with van der Waals surface area (Å²) < 4.78 is 13.9. The van der Waals surface area contributed by atoms with Gasteiger partial charge in [0.2, 0.25) is 0 Å². The van der Waals surface area contributed by atoms with Crippen molar-refractivity contribution in [3.05, 3.63) is 34.6 Å². The van der Waals surface area contributed by atoms with Crippen LogP contribution in [0.5, 0.6) is 0 Å². The second-order valence-corrected chi connectivity index (χ2v) is 6.01. The molecule has 2 rings (SSSR count). The van der Waals surface area contributed by atoms with Crippen molar-refractivity contribution >= 4 is 11.6 Å². The van der Waals surface area contributed by atoms with Gasteiger partial charge < -0.3 is 0 Å². The lowest BCUT2D eigenvalue weighted by Crippen LogP contribution is -2.23. The molecule has 1 aliphatic carbocycles. The predicted molar refractivity (Wildman–Crippen MR) is 75.5 cm³/mol. The Hall–Kier alpha value is -1.07. The highest BCUT2D eigenvalue weighted by Crippen LogP contribution is 2.37. The van der Waals surface area contributed by atoms with Gasteiger partial charge in [-0.1, -0.05) is 49.8 Å². The van der Waals surface area contributed by atoms with E-state index in [0.717, 1.165) is 25.7 Å². The van der Waals surface area contributed by atoms with Gasteiger partial charge in [0.15, 0.2) is 0 Å². The third-order valence-corrected chi connectivity index (χ3v) is 4.33. The molecule has 0 radical (unpaired) electrons. The SMILES string of the molecule is N#CC1(Cc2ccc(Cl)cc2F)CCCCCCC1. The third-order valence-electron chi connectivity index (χ3n) is 4.09. The van der Waals surface area contributed by atoms with E-state index >= 15 is 0 Å². The van der Waals surface area contributed by atoms with Crippen molar-refractivity contribution in [3.63, 3.8) is 0 Å². The smallest absolute Gasteiger partial charge is 0.127 e. The molecule has 1 aromatic carbocycles. The summed E-state index contributed by atoms with van der Waals surface area (Å²) in [6, 6.07) is 7.23. The molecule has 0 amide bonds. The minimum absolute atomic E-state index is 0.288. The van der Waals surface area contributed by atoms with Gasteiger partial charge in [0.25, 0.3) is 0 Å². The first-order valence-electron chi connectivity index (χ1n) is 7.00. The normalized spacial score (nSPS) is 19.2. The van der Waals surface area contributed by atoms with Crippen LogP contribution in [0.4, 0.5) is 4.39 Å². The number of hydrogen-bond acceptors (Lipinski definition) is 1. The molecule has 0 spiro atoms. The molecule has 0 atom stereocenters. The average molecular weight is 280 g/mol. The van der Waals surface area contributed by atoms with Crippen LogP contribution in [0.2, 0.25) is 5.02 Å². The predicted octanol–water partition coefficient (Wildman–Crippen LogP) is 5.28. The lowest BCUT2D eigenvalue weighted by atomic mass is 9.73. The quantitative estimate of drug-likeness (QED) is 0.723. The molecule has 1 aromatic rings. The van der Waals surface area contributed by atoms with Gasteiger partial charge in [0.1, 0.15) is 5.82 Å². The largest absolute Gasteiger partial charge is 0.207 e. The molecule has 0 saturated heterocycles. The van der Waals surface area contributed by atoms with E-state index in [9.17, 15) is 9.65 Å².